The van der Waals surface area contributed by atoms with Gasteiger partial charge in [0.25, 0.3) is 13.9 Å². The van der Waals surface area contributed by atoms with E-state index in [0.717, 1.165) is 10.4 Å². The van der Waals surface area contributed by atoms with Gasteiger partial charge in [-0.1, -0.05) is 98.4 Å². The summed E-state index contributed by atoms with van der Waals surface area (Å²) in [6, 6.07) is 20.4. The zero-order valence-electron chi connectivity index (χ0n) is 23.3. The summed E-state index contributed by atoms with van der Waals surface area (Å²) < 4.78 is 20.6. The average Bonchev–Trinajstić information content (AvgIpc) is 3.36. The SMILES string of the molecule is CC(C)(C)[Si](OC[C@H]1O[C@@H](n2cc(C#CCN)c(=O)[nH]c2=O)C[C@@H]1OCN=[N+]=[N-])(c1ccccc1)c1ccccc1. The molecular weight excluding hydrogens is 540 g/mol. The van der Waals surface area contributed by atoms with Crippen molar-refractivity contribution in [1.82, 2.24) is 9.55 Å². The average molecular weight is 575 g/mol. The zero-order chi connectivity index (χ0) is 29.5. The molecular formula is C29H34N6O5Si. The van der Waals surface area contributed by atoms with Crippen LogP contribution in [0.2, 0.25) is 5.04 Å². The van der Waals surface area contributed by atoms with E-state index in [1.54, 1.807) is 0 Å². The molecule has 0 bridgehead atoms. The van der Waals surface area contributed by atoms with Crippen LogP contribution >= 0.6 is 0 Å². The number of nitrogens with two attached hydrogens (primary N) is 1. The maximum atomic E-state index is 12.8. The van der Waals surface area contributed by atoms with Crippen LogP contribution in [0.25, 0.3) is 10.4 Å². The molecule has 1 saturated heterocycles. The van der Waals surface area contributed by atoms with Gasteiger partial charge in [0.2, 0.25) is 0 Å². The summed E-state index contributed by atoms with van der Waals surface area (Å²) in [5, 5.41) is 5.47. The van der Waals surface area contributed by atoms with E-state index in [0.29, 0.717) is 0 Å². The molecule has 2 aromatic carbocycles. The van der Waals surface area contributed by atoms with E-state index in [-0.39, 0.29) is 36.9 Å². The zero-order valence-corrected chi connectivity index (χ0v) is 24.3. The highest BCUT2D eigenvalue weighted by Crippen LogP contribution is 2.38. The summed E-state index contributed by atoms with van der Waals surface area (Å²) in [5.41, 5.74) is 13.1. The molecule has 0 amide bonds. The second kappa shape index (κ2) is 13.1. The molecule has 0 saturated carbocycles. The van der Waals surface area contributed by atoms with Crippen LogP contribution in [0.3, 0.4) is 0 Å². The molecule has 0 unspecified atom stereocenters. The Labute approximate surface area is 239 Å². The van der Waals surface area contributed by atoms with Crippen molar-refractivity contribution >= 4 is 18.7 Å². The number of nitrogens with zero attached hydrogens (tertiary/aromatic N) is 4. The number of hydrogen-bond donors (Lipinski definition) is 2. The molecule has 1 aliphatic heterocycles. The fourth-order valence-electron chi connectivity index (χ4n) is 5.25. The van der Waals surface area contributed by atoms with Gasteiger partial charge in [0, 0.05) is 17.5 Å². The van der Waals surface area contributed by atoms with Crippen LogP contribution in [0.5, 0.6) is 0 Å². The third kappa shape index (κ3) is 6.52. The lowest BCUT2D eigenvalue weighted by Crippen LogP contribution is -2.67. The molecule has 0 aliphatic carbocycles. The second-order valence-corrected chi connectivity index (χ2v) is 14.9. The van der Waals surface area contributed by atoms with Gasteiger partial charge in [0.15, 0.2) is 0 Å². The number of azide groups is 1. The Hall–Kier alpha value is -3.95. The van der Waals surface area contributed by atoms with Crippen molar-refractivity contribution < 1.29 is 13.9 Å². The van der Waals surface area contributed by atoms with Crippen molar-refractivity contribution in [2.75, 3.05) is 19.9 Å². The fourth-order valence-corrected chi connectivity index (χ4v) is 9.82. The number of aromatic amines is 1. The molecule has 1 aliphatic rings. The van der Waals surface area contributed by atoms with Gasteiger partial charge in [-0.2, -0.15) is 0 Å². The van der Waals surface area contributed by atoms with Gasteiger partial charge < -0.3 is 19.6 Å². The summed E-state index contributed by atoms with van der Waals surface area (Å²) >= 11 is 0. The van der Waals surface area contributed by atoms with Gasteiger partial charge in [-0.3, -0.25) is 14.3 Å². The van der Waals surface area contributed by atoms with Gasteiger partial charge in [-0.15, -0.1) is 0 Å². The highest BCUT2D eigenvalue weighted by atomic mass is 28.4. The maximum absolute atomic E-state index is 12.8. The lowest BCUT2D eigenvalue weighted by Gasteiger charge is -2.43. The minimum atomic E-state index is -2.89. The molecule has 12 heteroatoms. The predicted octanol–water partition coefficient (Wildman–Crippen LogP) is 2.36. The highest BCUT2D eigenvalue weighted by molar-refractivity contribution is 6.99. The number of ether oxygens (including phenoxy) is 2. The number of H-pyrrole nitrogens is 1. The first-order valence-corrected chi connectivity index (χ1v) is 15.2. The first-order valence-electron chi connectivity index (χ1n) is 13.3. The Kier molecular flexibility index (Phi) is 9.62. The molecule has 41 heavy (non-hydrogen) atoms. The molecule has 3 atom stereocenters. The van der Waals surface area contributed by atoms with Gasteiger partial charge in [0.1, 0.15) is 24.6 Å². The summed E-state index contributed by atoms with van der Waals surface area (Å²) in [5.74, 6) is 5.32. The van der Waals surface area contributed by atoms with Crippen LogP contribution < -0.4 is 27.4 Å². The minimum absolute atomic E-state index is 0.0650. The van der Waals surface area contributed by atoms with E-state index in [1.165, 1.54) is 10.8 Å². The molecule has 2 heterocycles. The Morgan fingerprint density at radius 2 is 1.78 bits per heavy atom. The van der Waals surface area contributed by atoms with Crippen LogP contribution in [0.1, 0.15) is 39.0 Å². The maximum Gasteiger partial charge on any atom is 0.330 e. The summed E-state index contributed by atoms with van der Waals surface area (Å²) in [6.45, 7) is 6.55. The smallest absolute Gasteiger partial charge is 0.330 e. The molecule has 4 rings (SSSR count). The second-order valence-electron chi connectivity index (χ2n) is 10.6. The summed E-state index contributed by atoms with van der Waals surface area (Å²) in [7, 11) is -2.89. The van der Waals surface area contributed by atoms with Gasteiger partial charge >= 0.3 is 5.69 Å². The Morgan fingerprint density at radius 1 is 1.15 bits per heavy atom. The normalized spacial score (nSPS) is 18.8. The molecule has 1 fully saturated rings. The summed E-state index contributed by atoms with van der Waals surface area (Å²) in [6.07, 6.45) is -0.314. The van der Waals surface area contributed by atoms with Gasteiger partial charge in [-0.25, -0.2) is 4.79 Å². The van der Waals surface area contributed by atoms with E-state index in [1.807, 2.05) is 36.4 Å². The molecule has 0 radical (unpaired) electrons. The van der Waals surface area contributed by atoms with Crippen molar-refractivity contribution in [3.63, 3.8) is 0 Å². The standard InChI is InChI=1S/C29H34N6O5Si/c1-29(2,3)41(22-12-6-4-7-13-22,23-14-8-5-9-15-23)39-19-25-24(38-20-32-34-31)17-26(40-25)35-18-21(11-10-16-30)27(36)33-28(35)37/h4-9,12-15,18,24-26H,16-17,19-20,30H2,1-3H3,(H,33,36,37)/t24-,25+,26+/m0/s1. The third-order valence-electron chi connectivity index (χ3n) is 7.07. The molecule has 214 valence electrons. The van der Waals surface area contributed by atoms with Gasteiger partial charge in [-0.05, 0) is 20.9 Å². The first kappa shape index (κ1) is 30.0. The van der Waals surface area contributed by atoms with Crippen LogP contribution in [0, 0.1) is 11.8 Å². The number of aromatic nitrogens is 2. The predicted molar refractivity (Wildman–Crippen MR) is 158 cm³/mol. The largest absolute Gasteiger partial charge is 0.405 e. The molecule has 1 aromatic heterocycles. The lowest BCUT2D eigenvalue weighted by molar-refractivity contribution is -0.0582. The Balaban J connectivity index is 1.71. The van der Waals surface area contributed by atoms with Crippen molar-refractivity contribution in [1.29, 1.82) is 0 Å². The first-order chi connectivity index (χ1) is 19.7. The van der Waals surface area contributed by atoms with E-state index >= 15 is 0 Å². The van der Waals surface area contributed by atoms with E-state index in [2.05, 4.69) is 71.9 Å². The van der Waals surface area contributed by atoms with E-state index < -0.39 is 38.0 Å². The molecule has 11 nitrogen and oxygen atoms in total. The quantitative estimate of drug-likeness (QED) is 0.131. The molecule has 3 aromatic rings. The number of rotatable bonds is 9. The molecule has 3 N–H and O–H groups in total. The van der Waals surface area contributed by atoms with Crippen LogP contribution in [0.4, 0.5) is 0 Å². The topological polar surface area (TPSA) is 157 Å². The van der Waals surface area contributed by atoms with Crippen LogP contribution in [0.15, 0.2) is 81.6 Å². The minimum Gasteiger partial charge on any atom is -0.405 e. The Morgan fingerprint density at radius 3 is 2.34 bits per heavy atom. The van der Waals surface area contributed by atoms with Crippen molar-refractivity contribution in [3.8, 4) is 11.8 Å². The highest BCUT2D eigenvalue weighted by Gasteiger charge is 2.51. The third-order valence-corrected chi connectivity index (χ3v) is 12.1. The summed E-state index contributed by atoms with van der Waals surface area (Å²) in [4.78, 5) is 30.1. The molecule has 0 spiro atoms. The number of hydrogen-bond acceptors (Lipinski definition) is 7. The number of benzene rings is 2. The van der Waals surface area contributed by atoms with Gasteiger partial charge in [0.05, 0.1) is 19.3 Å². The fraction of sp³-hybridized carbons (Fsp3) is 0.379. The van der Waals surface area contributed by atoms with E-state index in [4.69, 9.17) is 25.2 Å². The lowest BCUT2D eigenvalue weighted by atomic mass is 10.2. The Bertz CT molecular complexity index is 1510. The van der Waals surface area contributed by atoms with E-state index in [9.17, 15) is 9.59 Å². The van der Waals surface area contributed by atoms with Crippen molar-refractivity contribution in [2.24, 2.45) is 10.8 Å². The van der Waals surface area contributed by atoms with Crippen LogP contribution in [-0.2, 0) is 13.9 Å². The monoisotopic (exact) mass is 574 g/mol. The number of nitrogens with one attached hydrogen (secondary N) is 1. The van der Waals surface area contributed by atoms with Crippen molar-refractivity contribution in [2.45, 2.75) is 50.7 Å². The van der Waals surface area contributed by atoms with Crippen LogP contribution in [-0.4, -0.2) is 50.0 Å². The van der Waals surface area contributed by atoms with Crippen molar-refractivity contribution in [3.05, 3.63) is 104 Å².